The van der Waals surface area contributed by atoms with Gasteiger partial charge in [0.2, 0.25) is 0 Å². The number of esters is 1. The standard InChI is InChI=1S/C33H54O6/c1-20(34)39-26-15-17-31(6)22-14-18-32(7)27(21(28(36)37)11-10-16-29(2,3)38-9)24(35)19-33(32,8)23(22)12-13-25(31)30(26,4)5/h21,24-27,35H,10-19H2,1-9H3,(H,36,37). The summed E-state index contributed by atoms with van der Waals surface area (Å²) in [5, 5.41) is 22.0. The molecule has 0 saturated heterocycles. The van der Waals surface area contributed by atoms with Crippen LogP contribution in [0.3, 0.4) is 0 Å². The number of carbonyl (C=O) groups is 2. The number of rotatable bonds is 8. The molecule has 2 saturated carbocycles. The first-order valence-corrected chi connectivity index (χ1v) is 15.3. The highest BCUT2D eigenvalue weighted by Crippen LogP contribution is 2.72. The van der Waals surface area contributed by atoms with Crippen molar-refractivity contribution in [2.75, 3.05) is 7.11 Å². The van der Waals surface area contributed by atoms with E-state index in [1.807, 2.05) is 13.8 Å². The van der Waals surface area contributed by atoms with Gasteiger partial charge in [0.25, 0.3) is 0 Å². The summed E-state index contributed by atoms with van der Waals surface area (Å²) in [6.07, 6.45) is 7.86. The third kappa shape index (κ3) is 4.79. The number of aliphatic hydroxyl groups excluding tert-OH is 1. The number of aliphatic carboxylic acids is 1. The Morgan fingerprint density at radius 2 is 1.72 bits per heavy atom. The van der Waals surface area contributed by atoms with Crippen LogP contribution in [0.15, 0.2) is 11.1 Å². The van der Waals surface area contributed by atoms with Gasteiger partial charge in [0.05, 0.1) is 17.6 Å². The van der Waals surface area contributed by atoms with Gasteiger partial charge in [-0.3, -0.25) is 9.59 Å². The number of fused-ring (bicyclic) bond motifs is 4. The van der Waals surface area contributed by atoms with Gasteiger partial charge in [-0.25, -0.2) is 0 Å². The van der Waals surface area contributed by atoms with E-state index in [0.717, 1.165) is 51.4 Å². The van der Waals surface area contributed by atoms with E-state index in [2.05, 4.69) is 34.6 Å². The number of methoxy groups -OCH3 is 1. The third-order valence-electron chi connectivity index (χ3n) is 12.7. The first kappa shape index (κ1) is 30.6. The summed E-state index contributed by atoms with van der Waals surface area (Å²) in [5.41, 5.74) is 2.24. The smallest absolute Gasteiger partial charge is 0.306 e. The highest BCUT2D eigenvalue weighted by Gasteiger charge is 2.66. The molecule has 8 unspecified atom stereocenters. The van der Waals surface area contributed by atoms with Gasteiger partial charge >= 0.3 is 11.9 Å². The van der Waals surface area contributed by atoms with E-state index in [-0.39, 0.29) is 45.3 Å². The van der Waals surface area contributed by atoms with Crippen molar-refractivity contribution in [1.82, 2.24) is 0 Å². The number of hydrogen-bond donors (Lipinski definition) is 2. The maximum atomic E-state index is 12.7. The van der Waals surface area contributed by atoms with Crippen molar-refractivity contribution in [3.8, 4) is 0 Å². The average molecular weight is 547 g/mol. The summed E-state index contributed by atoms with van der Waals surface area (Å²) >= 11 is 0. The molecule has 0 aliphatic heterocycles. The third-order valence-corrected chi connectivity index (χ3v) is 12.7. The minimum Gasteiger partial charge on any atom is -0.481 e. The Hall–Kier alpha value is -1.40. The molecule has 0 aromatic rings. The normalized spacial score (nSPS) is 40.4. The molecule has 0 radical (unpaired) electrons. The predicted molar refractivity (Wildman–Crippen MR) is 152 cm³/mol. The molecule has 222 valence electrons. The molecular weight excluding hydrogens is 492 g/mol. The molecule has 4 aliphatic rings. The Bertz CT molecular complexity index is 1010. The fourth-order valence-electron chi connectivity index (χ4n) is 10.2. The number of carboxylic acids is 1. The lowest BCUT2D eigenvalue weighted by Gasteiger charge is -2.62. The lowest BCUT2D eigenvalue weighted by molar-refractivity contribution is -0.167. The summed E-state index contributed by atoms with van der Waals surface area (Å²) in [7, 11) is 1.70. The maximum Gasteiger partial charge on any atom is 0.306 e. The second kappa shape index (κ2) is 10.2. The molecule has 6 heteroatoms. The molecule has 2 fully saturated rings. The summed E-state index contributed by atoms with van der Waals surface area (Å²) in [4.78, 5) is 24.5. The Morgan fingerprint density at radius 1 is 1.05 bits per heavy atom. The van der Waals surface area contributed by atoms with E-state index in [1.165, 1.54) is 12.5 Å². The number of carboxylic acid groups (broad SMARTS) is 1. The van der Waals surface area contributed by atoms with Gasteiger partial charge in [-0.1, -0.05) is 45.8 Å². The Morgan fingerprint density at radius 3 is 2.31 bits per heavy atom. The van der Waals surface area contributed by atoms with Crippen molar-refractivity contribution in [3.05, 3.63) is 11.1 Å². The van der Waals surface area contributed by atoms with E-state index >= 15 is 0 Å². The monoisotopic (exact) mass is 546 g/mol. The Balaban J connectivity index is 1.66. The zero-order valence-corrected chi connectivity index (χ0v) is 26.0. The molecule has 2 N–H and O–H groups in total. The van der Waals surface area contributed by atoms with E-state index in [0.29, 0.717) is 18.8 Å². The van der Waals surface area contributed by atoms with E-state index in [9.17, 15) is 19.8 Å². The van der Waals surface area contributed by atoms with E-state index in [1.54, 1.807) is 12.7 Å². The number of allylic oxidation sites excluding steroid dienone is 2. The van der Waals surface area contributed by atoms with Crippen LogP contribution in [0.2, 0.25) is 0 Å². The SMILES string of the molecule is COC(C)(C)CCCC(C(=O)O)C1C(O)CC2(C)C3=C(CCC12C)C1(C)CCC(OC(C)=O)C(C)(C)C1CC3. The van der Waals surface area contributed by atoms with Crippen molar-refractivity contribution in [2.24, 2.45) is 39.4 Å². The average Bonchev–Trinajstić information content (AvgIpc) is 3.03. The quantitative estimate of drug-likeness (QED) is 0.253. The van der Waals surface area contributed by atoms with Gasteiger partial charge in [-0.05, 0) is 100 Å². The van der Waals surface area contributed by atoms with Gasteiger partial charge in [0.15, 0.2) is 0 Å². The van der Waals surface area contributed by atoms with Crippen LogP contribution in [0.1, 0.15) is 120 Å². The molecule has 0 aromatic carbocycles. The second-order valence-electron chi connectivity index (χ2n) is 15.3. The van der Waals surface area contributed by atoms with Gasteiger partial charge in [-0.2, -0.15) is 0 Å². The van der Waals surface area contributed by atoms with Crippen molar-refractivity contribution >= 4 is 11.9 Å². The Labute approximate surface area is 236 Å². The largest absolute Gasteiger partial charge is 0.481 e. The van der Waals surface area contributed by atoms with Gasteiger partial charge < -0.3 is 19.7 Å². The summed E-state index contributed by atoms with van der Waals surface area (Å²) in [6.45, 7) is 17.2. The van der Waals surface area contributed by atoms with Crippen LogP contribution in [0, 0.1) is 39.4 Å². The summed E-state index contributed by atoms with van der Waals surface area (Å²) in [6, 6.07) is 0. The maximum absolute atomic E-state index is 12.7. The lowest BCUT2D eigenvalue weighted by Crippen LogP contribution is -2.56. The van der Waals surface area contributed by atoms with E-state index < -0.39 is 18.0 Å². The van der Waals surface area contributed by atoms with Gasteiger partial charge in [0, 0.05) is 25.4 Å². The minimum atomic E-state index is -0.777. The second-order valence-corrected chi connectivity index (χ2v) is 15.3. The fraction of sp³-hybridized carbons (Fsp3) is 0.879. The molecule has 39 heavy (non-hydrogen) atoms. The molecule has 8 atom stereocenters. The first-order valence-electron chi connectivity index (χ1n) is 15.3. The highest BCUT2D eigenvalue weighted by molar-refractivity contribution is 5.71. The van der Waals surface area contributed by atoms with Gasteiger partial charge in [0.1, 0.15) is 6.10 Å². The molecular formula is C33H54O6. The van der Waals surface area contributed by atoms with Crippen LogP contribution in [-0.2, 0) is 19.1 Å². The predicted octanol–water partition coefficient (Wildman–Crippen LogP) is 6.93. The van der Waals surface area contributed by atoms with Crippen molar-refractivity contribution < 1.29 is 29.3 Å². The Kier molecular flexibility index (Phi) is 7.95. The number of ether oxygens (including phenoxy) is 2. The molecule has 0 bridgehead atoms. The number of carbonyl (C=O) groups excluding carboxylic acids is 1. The summed E-state index contributed by atoms with van der Waals surface area (Å²) < 4.78 is 11.4. The van der Waals surface area contributed by atoms with Crippen molar-refractivity contribution in [1.29, 1.82) is 0 Å². The molecule has 0 amide bonds. The van der Waals surface area contributed by atoms with Crippen LogP contribution >= 0.6 is 0 Å². The molecule has 0 heterocycles. The zero-order valence-electron chi connectivity index (χ0n) is 26.0. The number of aliphatic hydroxyl groups is 1. The van der Waals surface area contributed by atoms with Crippen LogP contribution in [0.25, 0.3) is 0 Å². The summed E-state index contributed by atoms with van der Waals surface area (Å²) in [5.74, 6) is -1.38. The van der Waals surface area contributed by atoms with E-state index in [4.69, 9.17) is 9.47 Å². The van der Waals surface area contributed by atoms with Gasteiger partial charge in [-0.15, -0.1) is 0 Å². The van der Waals surface area contributed by atoms with Crippen LogP contribution in [0.5, 0.6) is 0 Å². The highest BCUT2D eigenvalue weighted by atomic mass is 16.5. The minimum absolute atomic E-state index is 0.0407. The molecule has 6 nitrogen and oxygen atoms in total. The van der Waals surface area contributed by atoms with Crippen LogP contribution in [0.4, 0.5) is 0 Å². The zero-order chi connectivity index (χ0) is 29.2. The first-order chi connectivity index (χ1) is 17.9. The topological polar surface area (TPSA) is 93.1 Å². The molecule has 0 aromatic heterocycles. The molecule has 4 aliphatic carbocycles. The number of hydrogen-bond acceptors (Lipinski definition) is 5. The molecule has 0 spiro atoms. The van der Waals surface area contributed by atoms with Crippen molar-refractivity contribution in [3.63, 3.8) is 0 Å². The van der Waals surface area contributed by atoms with Crippen molar-refractivity contribution in [2.45, 2.75) is 137 Å². The lowest BCUT2D eigenvalue weighted by atomic mass is 9.43. The van der Waals surface area contributed by atoms with Crippen LogP contribution in [-0.4, -0.2) is 47.1 Å². The fourth-order valence-corrected chi connectivity index (χ4v) is 10.2. The molecule has 4 rings (SSSR count). The van der Waals surface area contributed by atoms with Crippen LogP contribution < -0.4 is 0 Å².